The molecule has 5 nitrogen and oxygen atoms in total. The summed E-state index contributed by atoms with van der Waals surface area (Å²) >= 11 is 0. The molecule has 3 aliphatic rings. The highest BCUT2D eigenvalue weighted by molar-refractivity contribution is 6.99. The van der Waals surface area contributed by atoms with Crippen LogP contribution in [0.1, 0.15) is 123 Å². The fourth-order valence-corrected chi connectivity index (χ4v) is 18.2. The minimum atomic E-state index is -1.64. The first-order valence-electron chi connectivity index (χ1n) is 45.4. The summed E-state index contributed by atoms with van der Waals surface area (Å²) in [7, 11) is 0. The number of aromatic nitrogens is 3. The molecule has 0 atom stereocenters. The standard InChI is InChI=1S/C103H82BN5/c1-100(2,3)67-49-53-78-79-54-50-68(101(4,5)6)60-95(79)107(94(78)59-67)72-52-56-87-96(63-72)109(99-80(65-31-13-10-14-32-65)57-69(102(7,8)9)58-81(99)66-33-15-11-16-34-66)97-64-73(108-90-45-27-21-39-76(90)77-40-22-28-46-91(77)108)62-85-98(97)104(87)86-55-51-71(106-88-43-25-19-37-74(88)75-38-20-26-44-89(75)106)61-84(86)103(85)82-41-23-29-47-92(82)105(70-35-17-12-18-36-70)93-48-30-24-42-83(93)103/h10-64H,1-9H3/i19D,20D,21D,22D,25D,26D,27D,28D,37D,38D,39D,40D,43D,44D,45D,46D. The Morgan fingerprint density at radius 3 is 1.17 bits per heavy atom. The van der Waals surface area contributed by atoms with Gasteiger partial charge in [0.25, 0.3) is 0 Å². The van der Waals surface area contributed by atoms with Crippen molar-refractivity contribution >= 4 is 123 Å². The van der Waals surface area contributed by atoms with Crippen LogP contribution in [0.4, 0.5) is 34.1 Å². The number of benzene rings is 15. The first kappa shape index (κ1) is 50.0. The molecular formula is C103H82BN5. The summed E-state index contributed by atoms with van der Waals surface area (Å²) in [4.78, 5) is 4.63. The first-order valence-corrected chi connectivity index (χ1v) is 37.4. The van der Waals surface area contributed by atoms with E-state index < -0.39 is 114 Å². The lowest BCUT2D eigenvalue weighted by Crippen LogP contribution is -2.65. The molecule has 0 fully saturated rings. The Kier molecular flexibility index (Phi) is 10.9. The molecule has 0 saturated carbocycles. The van der Waals surface area contributed by atoms with E-state index in [0.29, 0.717) is 16.8 Å². The largest absolute Gasteiger partial charge is 0.310 e. The second kappa shape index (κ2) is 23.7. The van der Waals surface area contributed by atoms with Crippen molar-refractivity contribution in [2.45, 2.75) is 84.0 Å². The van der Waals surface area contributed by atoms with Crippen LogP contribution in [0.2, 0.25) is 0 Å². The molecule has 522 valence electrons. The maximum absolute atomic E-state index is 10.4. The van der Waals surface area contributed by atoms with Gasteiger partial charge in [-0.05, 0) is 186 Å². The molecule has 0 aliphatic carbocycles. The Bertz CT molecular complexity index is 7490. The molecule has 0 amide bonds. The van der Waals surface area contributed by atoms with E-state index in [1.54, 1.807) is 9.13 Å². The van der Waals surface area contributed by atoms with E-state index in [0.717, 1.165) is 122 Å². The summed E-state index contributed by atoms with van der Waals surface area (Å²) < 4.78 is 161. The third-order valence-corrected chi connectivity index (χ3v) is 23.2. The molecule has 109 heavy (non-hydrogen) atoms. The van der Waals surface area contributed by atoms with E-state index in [1.807, 2.05) is 91.0 Å². The molecule has 6 heteroatoms. The van der Waals surface area contributed by atoms with Gasteiger partial charge in [-0.25, -0.2) is 0 Å². The number of anilines is 6. The van der Waals surface area contributed by atoms with E-state index in [-0.39, 0.29) is 65.8 Å². The van der Waals surface area contributed by atoms with Crippen molar-refractivity contribution < 1.29 is 21.9 Å². The normalized spacial score (nSPS) is 15.8. The Labute approximate surface area is 660 Å². The van der Waals surface area contributed by atoms with Gasteiger partial charge in [-0.2, -0.15) is 0 Å². The van der Waals surface area contributed by atoms with Crippen LogP contribution in [0.5, 0.6) is 0 Å². The van der Waals surface area contributed by atoms with Crippen molar-refractivity contribution in [1.82, 2.24) is 13.7 Å². The summed E-state index contributed by atoms with van der Waals surface area (Å²) in [5.74, 6) is 0. The maximum Gasteiger partial charge on any atom is 0.247 e. The van der Waals surface area contributed by atoms with Gasteiger partial charge in [-0.15, -0.1) is 0 Å². The predicted octanol–water partition coefficient (Wildman–Crippen LogP) is 25.0. The second-order valence-electron chi connectivity index (χ2n) is 32.4. The molecule has 18 aromatic rings. The number of hydrogen-bond donors (Lipinski definition) is 0. The molecule has 0 unspecified atom stereocenters. The zero-order valence-electron chi connectivity index (χ0n) is 77.8. The summed E-state index contributed by atoms with van der Waals surface area (Å²) in [5.41, 5.74) is 16.7. The highest BCUT2D eigenvalue weighted by atomic mass is 15.2. The molecular weight excluding hydrogens is 1320 g/mol. The molecule has 15 aromatic carbocycles. The molecule has 6 heterocycles. The summed E-state index contributed by atoms with van der Waals surface area (Å²) in [6.45, 7) is 19.2. The van der Waals surface area contributed by atoms with Gasteiger partial charge in [0.15, 0.2) is 0 Å². The van der Waals surface area contributed by atoms with Crippen molar-refractivity contribution in [2.24, 2.45) is 0 Å². The molecule has 0 radical (unpaired) electrons. The average molecular weight is 1420 g/mol. The monoisotopic (exact) mass is 1420 g/mol. The van der Waals surface area contributed by atoms with Gasteiger partial charge >= 0.3 is 0 Å². The number of fused-ring (bicyclic) bond motifs is 19. The van der Waals surface area contributed by atoms with Crippen LogP contribution in [-0.2, 0) is 21.7 Å². The van der Waals surface area contributed by atoms with Crippen LogP contribution in [0.3, 0.4) is 0 Å². The average Bonchev–Trinajstić information content (AvgIpc) is 1.27. The lowest BCUT2D eigenvalue weighted by Gasteiger charge is -2.52. The smallest absolute Gasteiger partial charge is 0.247 e. The molecule has 3 aromatic heterocycles. The number of para-hydroxylation sites is 7. The Morgan fingerprint density at radius 2 is 0.688 bits per heavy atom. The minimum absolute atomic E-state index is 0.0747. The Hall–Kier alpha value is -12.6. The van der Waals surface area contributed by atoms with Crippen LogP contribution >= 0.6 is 0 Å². The third kappa shape index (κ3) is 9.53. The topological polar surface area (TPSA) is 21.3 Å². The van der Waals surface area contributed by atoms with Crippen LogP contribution in [0.25, 0.3) is 105 Å². The van der Waals surface area contributed by atoms with Crippen molar-refractivity contribution in [3.63, 3.8) is 0 Å². The molecule has 1 spiro atoms. The second-order valence-corrected chi connectivity index (χ2v) is 32.4. The number of rotatable bonds is 7. The van der Waals surface area contributed by atoms with Gasteiger partial charge in [0.1, 0.15) is 0 Å². The van der Waals surface area contributed by atoms with Gasteiger partial charge in [0, 0.05) is 77.6 Å². The van der Waals surface area contributed by atoms with Crippen molar-refractivity contribution in [1.29, 1.82) is 0 Å². The van der Waals surface area contributed by atoms with Crippen LogP contribution < -0.4 is 26.2 Å². The number of nitrogens with zero attached hydrogens (tertiary/aromatic N) is 5. The van der Waals surface area contributed by atoms with Gasteiger partial charge in [-0.1, -0.05) is 292 Å². The zero-order chi connectivity index (χ0) is 87.5. The molecule has 3 aliphatic heterocycles. The SMILES string of the molecule is [2H]c1c([2H])c([2H])c2c(c1[2H])c1c([2H])c([2H])c([2H])c([2H])c1n2-c1ccc2c(c1)C1(c3ccccc3N(c3ccccc3)c3ccccc31)c1cc(-n3c4c([2H])c([2H])c([2H])c([2H])c4c4c([2H])c([2H])c([2H])c([2H])c43)cc3c1B2c1ccc(-n2c4cc(C(C)(C)C)ccc4c4ccc(C(C)(C)C)cc42)cc1N3c1c(-c2ccccc2)cc(C(C)(C)C)cc1-c1ccccc1. The van der Waals surface area contributed by atoms with Gasteiger partial charge in [0.05, 0.1) is 77.5 Å². The van der Waals surface area contributed by atoms with Gasteiger partial charge in [-0.3, -0.25) is 0 Å². The van der Waals surface area contributed by atoms with Crippen molar-refractivity contribution in [3.8, 4) is 39.3 Å². The fraction of sp³-hybridized carbons (Fsp3) is 0.126. The predicted molar refractivity (Wildman–Crippen MR) is 462 cm³/mol. The van der Waals surface area contributed by atoms with Crippen molar-refractivity contribution in [2.75, 3.05) is 9.80 Å². The highest BCUT2D eigenvalue weighted by Crippen LogP contribution is 2.61. The first-order chi connectivity index (χ1) is 59.6. The molecule has 0 saturated heterocycles. The third-order valence-electron chi connectivity index (χ3n) is 23.2. The highest BCUT2D eigenvalue weighted by Gasteiger charge is 2.56. The minimum Gasteiger partial charge on any atom is -0.310 e. The van der Waals surface area contributed by atoms with Crippen LogP contribution in [-0.4, -0.2) is 20.4 Å². The van der Waals surface area contributed by atoms with Crippen LogP contribution in [0.15, 0.2) is 333 Å². The Morgan fingerprint density at radius 1 is 0.284 bits per heavy atom. The lowest BCUT2D eigenvalue weighted by atomic mass is 9.29. The maximum atomic E-state index is 10.4. The van der Waals surface area contributed by atoms with Gasteiger partial charge < -0.3 is 23.5 Å². The van der Waals surface area contributed by atoms with E-state index in [4.69, 9.17) is 0 Å². The van der Waals surface area contributed by atoms with E-state index in [1.165, 1.54) is 0 Å². The lowest BCUT2D eigenvalue weighted by molar-refractivity contribution is 0.590. The van der Waals surface area contributed by atoms with Crippen LogP contribution in [0, 0.1) is 0 Å². The summed E-state index contributed by atoms with van der Waals surface area (Å²) in [6.07, 6.45) is 0. The Balaban J connectivity index is 1.03. The summed E-state index contributed by atoms with van der Waals surface area (Å²) in [5, 5.41) is 1.69. The van der Waals surface area contributed by atoms with Gasteiger partial charge in [0.2, 0.25) is 6.71 Å². The zero-order valence-corrected chi connectivity index (χ0v) is 61.8. The summed E-state index contributed by atoms with van der Waals surface area (Å²) in [6, 6.07) is 73.8. The molecule has 21 rings (SSSR count). The quantitative estimate of drug-likeness (QED) is 0.148. The molecule has 0 bridgehead atoms. The van der Waals surface area contributed by atoms with Crippen molar-refractivity contribution in [3.05, 3.63) is 372 Å². The fourth-order valence-electron chi connectivity index (χ4n) is 18.2. The van der Waals surface area contributed by atoms with E-state index >= 15 is 0 Å². The van der Waals surface area contributed by atoms with E-state index in [2.05, 4.69) is 222 Å². The van der Waals surface area contributed by atoms with E-state index in [9.17, 15) is 21.9 Å². The molecule has 0 N–H and O–H groups in total. The number of hydrogen-bond acceptors (Lipinski definition) is 2.